The minimum Gasteiger partial charge on any atom is -0.341 e. The molecule has 14 heavy (non-hydrogen) atoms. The van der Waals surface area contributed by atoms with Gasteiger partial charge in [-0.1, -0.05) is 20.3 Å². The molecular formula is C11H22N2O. The molecule has 1 fully saturated rings. The van der Waals surface area contributed by atoms with Crippen LogP contribution in [-0.2, 0) is 4.79 Å². The van der Waals surface area contributed by atoms with Gasteiger partial charge in [-0.3, -0.25) is 4.79 Å². The lowest BCUT2D eigenvalue weighted by atomic mass is 10.1. The molecule has 1 aliphatic rings. The molecule has 1 aliphatic heterocycles. The summed E-state index contributed by atoms with van der Waals surface area (Å²) in [6.07, 6.45) is 3.58. The molecule has 0 bridgehead atoms. The number of carbonyl (C=O) groups excluding carboxylic acids is 1. The molecule has 1 saturated heterocycles. The molecule has 0 saturated carbocycles. The Balaban J connectivity index is 2.47. The van der Waals surface area contributed by atoms with E-state index >= 15 is 0 Å². The maximum atomic E-state index is 11.3. The molecule has 1 N–H and O–H groups in total. The number of hydrogen-bond acceptors (Lipinski definition) is 2. The molecule has 0 spiro atoms. The van der Waals surface area contributed by atoms with Crippen LogP contribution < -0.4 is 5.32 Å². The summed E-state index contributed by atoms with van der Waals surface area (Å²) in [5.74, 6) is 0.211. The number of amides is 1. The van der Waals surface area contributed by atoms with Crippen LogP contribution in [0.3, 0.4) is 0 Å². The molecule has 1 unspecified atom stereocenters. The van der Waals surface area contributed by atoms with Gasteiger partial charge in [-0.25, -0.2) is 0 Å². The van der Waals surface area contributed by atoms with Crippen LogP contribution in [0.5, 0.6) is 0 Å². The van der Waals surface area contributed by atoms with Crippen molar-refractivity contribution in [3.63, 3.8) is 0 Å². The summed E-state index contributed by atoms with van der Waals surface area (Å²) < 4.78 is 0. The number of nitrogens with zero attached hydrogens (tertiary/aromatic N) is 1. The molecule has 82 valence electrons. The fraction of sp³-hybridized carbons (Fsp3) is 0.909. The van der Waals surface area contributed by atoms with Crippen molar-refractivity contribution in [3.05, 3.63) is 0 Å². The first-order valence-electron chi connectivity index (χ1n) is 5.61. The Labute approximate surface area is 86.9 Å². The van der Waals surface area contributed by atoms with E-state index in [4.69, 9.17) is 0 Å². The first-order chi connectivity index (χ1) is 6.59. The zero-order valence-electron chi connectivity index (χ0n) is 9.55. The van der Waals surface area contributed by atoms with Crippen LogP contribution in [0.4, 0.5) is 0 Å². The quantitative estimate of drug-likeness (QED) is 0.727. The SMILES string of the molecule is CC(=O)N1CCCCC(NC(C)C)C1. The molecule has 0 aromatic heterocycles. The predicted octanol–water partition coefficient (Wildman–Crippen LogP) is 1.39. The number of likely N-dealkylation sites (tertiary alicyclic amines) is 1. The van der Waals surface area contributed by atoms with E-state index in [1.54, 1.807) is 6.92 Å². The summed E-state index contributed by atoms with van der Waals surface area (Å²) in [5, 5.41) is 3.51. The highest BCUT2D eigenvalue weighted by Crippen LogP contribution is 2.11. The third kappa shape index (κ3) is 3.66. The fourth-order valence-corrected chi connectivity index (χ4v) is 2.04. The third-order valence-electron chi connectivity index (χ3n) is 2.69. The lowest BCUT2D eigenvalue weighted by molar-refractivity contribution is -0.129. The normalized spacial score (nSPS) is 23.7. The van der Waals surface area contributed by atoms with Crippen LogP contribution in [-0.4, -0.2) is 36.0 Å². The second-order valence-electron chi connectivity index (χ2n) is 4.48. The Kier molecular flexibility index (Phi) is 4.39. The molecule has 3 heteroatoms. The van der Waals surface area contributed by atoms with Crippen LogP contribution in [0.1, 0.15) is 40.0 Å². The Morgan fingerprint density at radius 1 is 1.43 bits per heavy atom. The third-order valence-corrected chi connectivity index (χ3v) is 2.69. The lowest BCUT2D eigenvalue weighted by Gasteiger charge is -2.25. The molecule has 1 rings (SSSR count). The topological polar surface area (TPSA) is 32.3 Å². The highest BCUT2D eigenvalue weighted by molar-refractivity contribution is 5.73. The average molecular weight is 198 g/mol. The van der Waals surface area contributed by atoms with E-state index in [2.05, 4.69) is 19.2 Å². The summed E-state index contributed by atoms with van der Waals surface area (Å²) in [4.78, 5) is 13.2. The summed E-state index contributed by atoms with van der Waals surface area (Å²) in [5.41, 5.74) is 0. The van der Waals surface area contributed by atoms with E-state index in [0.717, 1.165) is 19.5 Å². The van der Waals surface area contributed by atoms with Crippen molar-refractivity contribution in [2.24, 2.45) is 0 Å². The second kappa shape index (κ2) is 5.35. The minimum absolute atomic E-state index is 0.211. The zero-order chi connectivity index (χ0) is 10.6. The van der Waals surface area contributed by atoms with Gasteiger partial charge in [-0.15, -0.1) is 0 Å². The van der Waals surface area contributed by atoms with Crippen LogP contribution in [0.15, 0.2) is 0 Å². The summed E-state index contributed by atoms with van der Waals surface area (Å²) in [6, 6.07) is 0.994. The van der Waals surface area contributed by atoms with Crippen molar-refractivity contribution in [2.45, 2.75) is 52.1 Å². The molecule has 0 radical (unpaired) electrons. The largest absolute Gasteiger partial charge is 0.341 e. The Morgan fingerprint density at radius 2 is 2.14 bits per heavy atom. The van der Waals surface area contributed by atoms with E-state index in [9.17, 15) is 4.79 Å². The number of nitrogens with one attached hydrogen (secondary N) is 1. The standard InChI is InChI=1S/C11H22N2O/c1-9(2)12-11-6-4-5-7-13(8-11)10(3)14/h9,11-12H,4-8H2,1-3H3. The van der Waals surface area contributed by atoms with Gasteiger partial charge in [0, 0.05) is 32.1 Å². The van der Waals surface area contributed by atoms with Crippen molar-refractivity contribution in [3.8, 4) is 0 Å². The van der Waals surface area contributed by atoms with Crippen molar-refractivity contribution >= 4 is 5.91 Å². The highest BCUT2D eigenvalue weighted by atomic mass is 16.2. The van der Waals surface area contributed by atoms with Gasteiger partial charge in [0.05, 0.1) is 0 Å². The monoisotopic (exact) mass is 198 g/mol. The van der Waals surface area contributed by atoms with Gasteiger partial charge in [0.15, 0.2) is 0 Å². The summed E-state index contributed by atoms with van der Waals surface area (Å²) in [6.45, 7) is 7.79. The van der Waals surface area contributed by atoms with Crippen LogP contribution in [0.25, 0.3) is 0 Å². The van der Waals surface area contributed by atoms with Gasteiger partial charge in [-0.2, -0.15) is 0 Å². The fourth-order valence-electron chi connectivity index (χ4n) is 2.04. The second-order valence-corrected chi connectivity index (χ2v) is 4.48. The molecule has 0 aliphatic carbocycles. The first kappa shape index (κ1) is 11.5. The number of carbonyl (C=O) groups is 1. The Hall–Kier alpha value is -0.570. The van der Waals surface area contributed by atoms with Crippen molar-refractivity contribution in [1.29, 1.82) is 0 Å². The van der Waals surface area contributed by atoms with Crippen LogP contribution in [0, 0.1) is 0 Å². The van der Waals surface area contributed by atoms with Gasteiger partial charge in [0.25, 0.3) is 0 Å². The van der Waals surface area contributed by atoms with E-state index in [1.807, 2.05) is 4.90 Å². The van der Waals surface area contributed by atoms with Crippen LogP contribution in [0.2, 0.25) is 0 Å². The van der Waals surface area contributed by atoms with Crippen molar-refractivity contribution in [1.82, 2.24) is 10.2 Å². The van der Waals surface area contributed by atoms with Crippen molar-refractivity contribution in [2.75, 3.05) is 13.1 Å². The molecule has 0 aromatic rings. The van der Waals surface area contributed by atoms with Gasteiger partial charge in [0.1, 0.15) is 0 Å². The van der Waals surface area contributed by atoms with E-state index in [1.165, 1.54) is 12.8 Å². The summed E-state index contributed by atoms with van der Waals surface area (Å²) >= 11 is 0. The van der Waals surface area contributed by atoms with E-state index in [0.29, 0.717) is 12.1 Å². The molecular weight excluding hydrogens is 176 g/mol. The predicted molar refractivity (Wildman–Crippen MR) is 58.2 cm³/mol. The smallest absolute Gasteiger partial charge is 0.219 e. The molecule has 3 nitrogen and oxygen atoms in total. The van der Waals surface area contributed by atoms with E-state index < -0.39 is 0 Å². The van der Waals surface area contributed by atoms with Gasteiger partial charge in [0.2, 0.25) is 5.91 Å². The average Bonchev–Trinajstić information content (AvgIpc) is 2.28. The van der Waals surface area contributed by atoms with Gasteiger partial charge >= 0.3 is 0 Å². The van der Waals surface area contributed by atoms with E-state index in [-0.39, 0.29) is 5.91 Å². The maximum Gasteiger partial charge on any atom is 0.219 e. The molecule has 1 amide bonds. The highest BCUT2D eigenvalue weighted by Gasteiger charge is 2.19. The lowest BCUT2D eigenvalue weighted by Crippen LogP contribution is -2.44. The molecule has 1 heterocycles. The Bertz CT molecular complexity index is 192. The maximum absolute atomic E-state index is 11.3. The van der Waals surface area contributed by atoms with Crippen LogP contribution >= 0.6 is 0 Å². The molecule has 0 aromatic carbocycles. The number of hydrogen-bond donors (Lipinski definition) is 1. The number of rotatable bonds is 2. The molecule has 1 atom stereocenters. The zero-order valence-corrected chi connectivity index (χ0v) is 9.55. The first-order valence-corrected chi connectivity index (χ1v) is 5.61. The van der Waals surface area contributed by atoms with Gasteiger partial charge in [-0.05, 0) is 12.8 Å². The summed E-state index contributed by atoms with van der Waals surface area (Å²) in [7, 11) is 0. The van der Waals surface area contributed by atoms with Gasteiger partial charge < -0.3 is 10.2 Å². The van der Waals surface area contributed by atoms with Crippen molar-refractivity contribution < 1.29 is 4.79 Å². The Morgan fingerprint density at radius 3 is 2.71 bits per heavy atom. The minimum atomic E-state index is 0.211.